The van der Waals surface area contributed by atoms with Gasteiger partial charge in [-0.15, -0.1) is 4.99 Å². The molecule has 12 heavy (non-hydrogen) atoms. The number of sulfone groups is 1. The lowest BCUT2D eigenvalue weighted by molar-refractivity contribution is 0.565. The molecule has 1 fully saturated rings. The van der Waals surface area contributed by atoms with Crippen molar-refractivity contribution in [3.05, 3.63) is 0 Å². The Kier molecular flexibility index (Phi) is 2.64. The summed E-state index contributed by atoms with van der Waals surface area (Å²) >= 11 is 0. The van der Waals surface area contributed by atoms with Gasteiger partial charge in [0.1, 0.15) is 0 Å². The summed E-state index contributed by atoms with van der Waals surface area (Å²) in [6.07, 6.45) is 1.81. The summed E-state index contributed by atoms with van der Waals surface area (Å²) in [6.45, 7) is 0. The molecule has 0 saturated carbocycles. The second kappa shape index (κ2) is 3.53. The predicted octanol–water partition coefficient (Wildman–Crippen LogP) is -0.282. The van der Waals surface area contributed by atoms with Gasteiger partial charge in [0.15, 0.2) is 9.84 Å². The SMILES string of the molecule is O=C=NC#CC1CCS(=O)(=O)C1. The highest BCUT2D eigenvalue weighted by Crippen LogP contribution is 2.16. The van der Waals surface area contributed by atoms with Crippen LogP contribution in [-0.2, 0) is 14.6 Å². The van der Waals surface area contributed by atoms with Crippen LogP contribution in [0.1, 0.15) is 6.42 Å². The lowest BCUT2D eigenvalue weighted by Gasteiger charge is -1.90. The molecular formula is C7H7NO3S. The van der Waals surface area contributed by atoms with E-state index >= 15 is 0 Å². The minimum absolute atomic E-state index is 0.0916. The number of carbonyl (C=O) groups excluding carboxylic acids is 1. The molecule has 0 aromatic heterocycles. The molecule has 1 aliphatic rings. The second-order valence-electron chi connectivity index (χ2n) is 2.56. The normalized spacial score (nSPS) is 25.2. The van der Waals surface area contributed by atoms with Gasteiger partial charge in [-0.1, -0.05) is 5.92 Å². The van der Waals surface area contributed by atoms with Crippen LogP contribution in [0.3, 0.4) is 0 Å². The number of hydrogen-bond acceptors (Lipinski definition) is 4. The zero-order chi connectivity index (χ0) is 9.03. The topological polar surface area (TPSA) is 63.6 Å². The number of hydrogen-bond donors (Lipinski definition) is 0. The molecule has 1 heterocycles. The van der Waals surface area contributed by atoms with E-state index in [-0.39, 0.29) is 17.4 Å². The van der Waals surface area contributed by atoms with Gasteiger partial charge in [-0.2, -0.15) is 0 Å². The van der Waals surface area contributed by atoms with E-state index < -0.39 is 9.84 Å². The molecule has 1 atom stereocenters. The van der Waals surface area contributed by atoms with Gasteiger partial charge in [0.05, 0.1) is 11.5 Å². The fourth-order valence-corrected chi connectivity index (χ4v) is 2.73. The molecule has 0 aromatic rings. The van der Waals surface area contributed by atoms with Gasteiger partial charge in [-0.25, -0.2) is 13.2 Å². The lowest BCUT2D eigenvalue weighted by atomic mass is 10.1. The molecule has 64 valence electrons. The Morgan fingerprint density at radius 1 is 1.42 bits per heavy atom. The molecule has 0 bridgehead atoms. The van der Waals surface area contributed by atoms with Gasteiger partial charge in [-0.3, -0.25) is 0 Å². The molecule has 0 aromatic carbocycles. The standard InChI is InChI=1S/C7H7NO3S/c9-6-8-3-1-7-2-4-12(10,11)5-7/h7H,2,4-5H2. The first-order valence-corrected chi connectivity index (χ1v) is 5.24. The van der Waals surface area contributed by atoms with Crippen molar-refractivity contribution in [3.8, 4) is 12.0 Å². The van der Waals surface area contributed by atoms with Gasteiger partial charge in [0.2, 0.25) is 6.08 Å². The summed E-state index contributed by atoms with van der Waals surface area (Å²) in [4.78, 5) is 12.6. The largest absolute Gasteiger partial charge is 0.249 e. The number of aliphatic imine (C=N–C) groups is 1. The Balaban J connectivity index is 2.61. The van der Waals surface area contributed by atoms with Crippen molar-refractivity contribution in [1.82, 2.24) is 0 Å². The van der Waals surface area contributed by atoms with E-state index in [1.165, 1.54) is 6.08 Å². The highest BCUT2D eigenvalue weighted by atomic mass is 32.2. The zero-order valence-corrected chi connectivity index (χ0v) is 7.10. The number of rotatable bonds is 0. The van der Waals surface area contributed by atoms with E-state index in [2.05, 4.69) is 17.0 Å². The first-order valence-electron chi connectivity index (χ1n) is 3.42. The van der Waals surface area contributed by atoms with E-state index in [0.29, 0.717) is 6.42 Å². The Morgan fingerprint density at radius 3 is 2.67 bits per heavy atom. The number of nitrogens with zero attached hydrogens (tertiary/aromatic N) is 1. The van der Waals surface area contributed by atoms with Gasteiger partial charge >= 0.3 is 0 Å². The Hall–Kier alpha value is -1.11. The molecule has 0 spiro atoms. The Bertz CT molecular complexity index is 367. The van der Waals surface area contributed by atoms with Crippen molar-refractivity contribution in [2.45, 2.75) is 6.42 Å². The quantitative estimate of drug-likeness (QED) is 0.296. The average Bonchev–Trinajstić information content (AvgIpc) is 2.31. The van der Waals surface area contributed by atoms with E-state index in [4.69, 9.17) is 0 Å². The lowest BCUT2D eigenvalue weighted by Crippen LogP contribution is -2.02. The second-order valence-corrected chi connectivity index (χ2v) is 4.79. The van der Waals surface area contributed by atoms with Crippen LogP contribution in [-0.4, -0.2) is 26.0 Å². The van der Waals surface area contributed by atoms with Gasteiger partial charge in [0, 0.05) is 12.0 Å². The molecular weight excluding hydrogens is 178 g/mol. The van der Waals surface area contributed by atoms with Crippen molar-refractivity contribution < 1.29 is 13.2 Å². The molecule has 4 nitrogen and oxygen atoms in total. The molecule has 0 radical (unpaired) electrons. The zero-order valence-electron chi connectivity index (χ0n) is 6.28. The maximum absolute atomic E-state index is 10.9. The molecule has 1 saturated heterocycles. The van der Waals surface area contributed by atoms with Gasteiger partial charge in [0.25, 0.3) is 0 Å². The Labute approximate surface area is 70.6 Å². The third-order valence-corrected chi connectivity index (χ3v) is 3.37. The van der Waals surface area contributed by atoms with Crippen LogP contribution in [0, 0.1) is 17.9 Å². The van der Waals surface area contributed by atoms with E-state index in [9.17, 15) is 13.2 Å². The molecule has 1 aliphatic heterocycles. The summed E-state index contributed by atoms with van der Waals surface area (Å²) in [5.41, 5.74) is 0. The fourth-order valence-electron chi connectivity index (χ4n) is 1.06. The minimum Gasteiger partial charge on any atom is -0.229 e. The minimum atomic E-state index is -2.88. The van der Waals surface area contributed by atoms with Crippen molar-refractivity contribution >= 4 is 15.9 Å². The summed E-state index contributed by atoms with van der Waals surface area (Å²) < 4.78 is 21.8. The van der Waals surface area contributed by atoms with Crippen LogP contribution in [0.15, 0.2) is 4.99 Å². The smallest absolute Gasteiger partial charge is 0.229 e. The van der Waals surface area contributed by atoms with E-state index in [1.54, 1.807) is 0 Å². The monoisotopic (exact) mass is 185 g/mol. The maximum atomic E-state index is 10.9. The molecule has 1 rings (SSSR count). The van der Waals surface area contributed by atoms with Crippen LogP contribution >= 0.6 is 0 Å². The summed E-state index contributed by atoms with van der Waals surface area (Å²) in [5, 5.41) is 0. The molecule has 0 N–H and O–H groups in total. The van der Waals surface area contributed by atoms with Crippen molar-refractivity contribution in [1.29, 1.82) is 0 Å². The number of isocyanates is 1. The molecule has 0 aliphatic carbocycles. The van der Waals surface area contributed by atoms with Gasteiger partial charge in [-0.05, 0) is 6.42 Å². The first kappa shape index (κ1) is 8.98. The summed E-state index contributed by atoms with van der Waals surface area (Å²) in [5.74, 6) is 2.70. The van der Waals surface area contributed by atoms with Crippen LogP contribution in [0.2, 0.25) is 0 Å². The van der Waals surface area contributed by atoms with Gasteiger partial charge < -0.3 is 0 Å². The highest BCUT2D eigenvalue weighted by molar-refractivity contribution is 7.91. The van der Waals surface area contributed by atoms with Crippen molar-refractivity contribution in [3.63, 3.8) is 0 Å². The van der Waals surface area contributed by atoms with Crippen LogP contribution < -0.4 is 0 Å². The van der Waals surface area contributed by atoms with Crippen molar-refractivity contribution in [2.75, 3.05) is 11.5 Å². The molecule has 5 heteroatoms. The molecule has 0 amide bonds. The summed E-state index contributed by atoms with van der Waals surface area (Å²) in [7, 11) is -2.88. The van der Waals surface area contributed by atoms with E-state index in [0.717, 1.165) is 0 Å². The highest BCUT2D eigenvalue weighted by Gasteiger charge is 2.26. The third-order valence-electron chi connectivity index (χ3n) is 1.60. The maximum Gasteiger partial charge on any atom is 0.249 e. The van der Waals surface area contributed by atoms with Crippen LogP contribution in [0.5, 0.6) is 0 Å². The Morgan fingerprint density at radius 2 is 2.17 bits per heavy atom. The first-order chi connectivity index (χ1) is 5.64. The third kappa shape index (κ3) is 2.50. The predicted molar refractivity (Wildman–Crippen MR) is 42.7 cm³/mol. The fraction of sp³-hybridized carbons (Fsp3) is 0.571. The summed E-state index contributed by atoms with van der Waals surface area (Å²) in [6, 6.07) is 2.20. The molecule has 1 unspecified atom stereocenters. The van der Waals surface area contributed by atoms with Crippen LogP contribution in [0.4, 0.5) is 0 Å². The van der Waals surface area contributed by atoms with E-state index in [1.807, 2.05) is 0 Å². The van der Waals surface area contributed by atoms with Crippen molar-refractivity contribution in [2.24, 2.45) is 10.9 Å². The average molecular weight is 185 g/mol. The van der Waals surface area contributed by atoms with Crippen LogP contribution in [0.25, 0.3) is 0 Å².